The maximum atomic E-state index is 12.4. The van der Waals surface area contributed by atoms with Crippen molar-refractivity contribution in [3.63, 3.8) is 0 Å². The Morgan fingerprint density at radius 3 is 3.00 bits per heavy atom. The van der Waals surface area contributed by atoms with Crippen LogP contribution in [-0.4, -0.2) is 53.4 Å². The van der Waals surface area contributed by atoms with Gasteiger partial charge in [-0.15, -0.1) is 0 Å². The zero-order valence-electron chi connectivity index (χ0n) is 14.1. The van der Waals surface area contributed by atoms with Gasteiger partial charge in [-0.1, -0.05) is 11.6 Å². The van der Waals surface area contributed by atoms with Crippen LogP contribution in [0.3, 0.4) is 0 Å². The number of hydrogen-bond donors (Lipinski definition) is 2. The second-order valence-corrected chi connectivity index (χ2v) is 8.22. The van der Waals surface area contributed by atoms with E-state index < -0.39 is 10.0 Å². The number of carbonyl (C=O) groups is 1. The summed E-state index contributed by atoms with van der Waals surface area (Å²) in [6, 6.07) is 2.68. The molecule has 144 valence electrons. The highest BCUT2D eigenvalue weighted by atomic mass is 35.5. The lowest BCUT2D eigenvalue weighted by molar-refractivity contribution is -0.118. The van der Waals surface area contributed by atoms with Crippen LogP contribution in [0.25, 0.3) is 0 Å². The molecule has 2 N–H and O–H groups in total. The first-order chi connectivity index (χ1) is 12.5. The molecule has 2 aliphatic heterocycles. The van der Waals surface area contributed by atoms with Gasteiger partial charge in [-0.25, -0.2) is 13.1 Å². The molecule has 2 heterocycles. The second kappa shape index (κ2) is 8.53. The fourth-order valence-electron chi connectivity index (χ4n) is 2.74. The van der Waals surface area contributed by atoms with Gasteiger partial charge in [-0.2, -0.15) is 0 Å². The SMILES string of the molecule is O=C1COc2cc(S(=O)(=O)NCCCOCC3CCCO3)c(Cl)cc2N1. The summed E-state index contributed by atoms with van der Waals surface area (Å²) >= 11 is 6.06. The predicted molar refractivity (Wildman–Crippen MR) is 95.2 cm³/mol. The molecule has 26 heavy (non-hydrogen) atoms. The molecular weight excluding hydrogens is 384 g/mol. The summed E-state index contributed by atoms with van der Waals surface area (Å²) in [5.41, 5.74) is 0.354. The quantitative estimate of drug-likeness (QED) is 0.637. The number of benzene rings is 1. The molecule has 2 aliphatic rings. The molecule has 10 heteroatoms. The molecule has 8 nitrogen and oxygen atoms in total. The van der Waals surface area contributed by atoms with Crippen molar-refractivity contribution in [3.05, 3.63) is 17.2 Å². The van der Waals surface area contributed by atoms with E-state index in [0.29, 0.717) is 25.3 Å². The molecule has 0 saturated carbocycles. The number of hydrogen-bond acceptors (Lipinski definition) is 6. The van der Waals surface area contributed by atoms with E-state index in [9.17, 15) is 13.2 Å². The summed E-state index contributed by atoms with van der Waals surface area (Å²) in [7, 11) is -3.80. The largest absolute Gasteiger partial charge is 0.482 e. The lowest BCUT2D eigenvalue weighted by Gasteiger charge is -2.19. The topological polar surface area (TPSA) is 103 Å². The molecular formula is C16H21ClN2O6S. The first-order valence-electron chi connectivity index (χ1n) is 8.41. The predicted octanol–water partition coefficient (Wildman–Crippen LogP) is 1.53. The number of rotatable bonds is 8. The van der Waals surface area contributed by atoms with Crippen LogP contribution in [0, 0.1) is 0 Å². The smallest absolute Gasteiger partial charge is 0.262 e. The minimum Gasteiger partial charge on any atom is -0.482 e. The monoisotopic (exact) mass is 404 g/mol. The van der Waals surface area contributed by atoms with Crippen molar-refractivity contribution in [1.29, 1.82) is 0 Å². The maximum absolute atomic E-state index is 12.4. The van der Waals surface area contributed by atoms with E-state index in [4.69, 9.17) is 25.8 Å². The zero-order chi connectivity index (χ0) is 18.6. The molecule has 0 spiro atoms. The Bertz CT molecular complexity index is 764. The van der Waals surface area contributed by atoms with Crippen LogP contribution in [-0.2, 0) is 24.3 Å². The third kappa shape index (κ3) is 4.86. The maximum Gasteiger partial charge on any atom is 0.262 e. The molecule has 0 aliphatic carbocycles. The zero-order valence-corrected chi connectivity index (χ0v) is 15.7. The normalized spacial score (nSPS) is 19.7. The van der Waals surface area contributed by atoms with E-state index in [-0.39, 0.29) is 40.8 Å². The van der Waals surface area contributed by atoms with Crippen molar-refractivity contribution in [3.8, 4) is 5.75 Å². The second-order valence-electron chi connectivity index (χ2n) is 6.08. The Kier molecular flexibility index (Phi) is 6.36. The Labute approximate surface area is 157 Å². The van der Waals surface area contributed by atoms with Gasteiger partial charge in [0.1, 0.15) is 10.6 Å². The van der Waals surface area contributed by atoms with Crippen molar-refractivity contribution < 1.29 is 27.4 Å². The van der Waals surface area contributed by atoms with Crippen LogP contribution in [0.15, 0.2) is 17.0 Å². The van der Waals surface area contributed by atoms with Crippen molar-refractivity contribution >= 4 is 33.2 Å². The number of nitrogens with one attached hydrogen (secondary N) is 2. The summed E-state index contributed by atoms with van der Waals surface area (Å²) in [6.45, 7) is 1.81. The Balaban J connectivity index is 1.50. The number of carbonyl (C=O) groups excluding carboxylic acids is 1. The van der Waals surface area contributed by atoms with Gasteiger partial charge in [-0.05, 0) is 25.3 Å². The molecule has 0 radical (unpaired) electrons. The molecule has 1 unspecified atom stereocenters. The number of amides is 1. The summed E-state index contributed by atoms with van der Waals surface area (Å²) in [5.74, 6) is -0.0421. The van der Waals surface area contributed by atoms with Crippen LogP contribution in [0.1, 0.15) is 19.3 Å². The first kappa shape index (κ1) is 19.4. The van der Waals surface area contributed by atoms with Crippen molar-refractivity contribution in [2.75, 3.05) is 38.3 Å². The highest BCUT2D eigenvalue weighted by molar-refractivity contribution is 7.89. The molecule has 1 amide bonds. The van der Waals surface area contributed by atoms with Gasteiger partial charge >= 0.3 is 0 Å². The minimum absolute atomic E-state index is 0.0108. The van der Waals surface area contributed by atoms with Gasteiger partial charge in [0.25, 0.3) is 5.91 Å². The number of fused-ring (bicyclic) bond motifs is 1. The number of anilines is 1. The van der Waals surface area contributed by atoms with Gasteiger partial charge in [0.05, 0.1) is 23.4 Å². The fourth-order valence-corrected chi connectivity index (χ4v) is 4.35. The van der Waals surface area contributed by atoms with Crippen LogP contribution >= 0.6 is 11.6 Å². The van der Waals surface area contributed by atoms with Gasteiger partial charge in [0.15, 0.2) is 6.61 Å². The van der Waals surface area contributed by atoms with Gasteiger partial charge in [-0.3, -0.25) is 4.79 Å². The van der Waals surface area contributed by atoms with E-state index in [2.05, 4.69) is 10.0 Å². The Morgan fingerprint density at radius 2 is 2.23 bits per heavy atom. The van der Waals surface area contributed by atoms with Gasteiger partial charge < -0.3 is 19.5 Å². The average molecular weight is 405 g/mol. The summed E-state index contributed by atoms with van der Waals surface area (Å²) in [5, 5.41) is 2.59. The van der Waals surface area contributed by atoms with E-state index in [1.165, 1.54) is 12.1 Å². The summed E-state index contributed by atoms with van der Waals surface area (Å²) < 4.78 is 43.6. The van der Waals surface area contributed by atoms with Gasteiger partial charge in [0, 0.05) is 25.8 Å². The average Bonchev–Trinajstić information content (AvgIpc) is 3.10. The molecule has 1 atom stereocenters. The number of halogens is 1. The molecule has 3 rings (SSSR count). The van der Waals surface area contributed by atoms with Crippen LogP contribution < -0.4 is 14.8 Å². The standard InChI is InChI=1S/C16H21ClN2O6S/c17-12-7-13-14(25-10-16(20)19-13)8-15(12)26(21,22)18-4-2-5-23-9-11-3-1-6-24-11/h7-8,11,18H,1-6,9-10H2,(H,19,20). The summed E-state index contributed by atoms with van der Waals surface area (Å²) in [4.78, 5) is 11.2. The molecule has 1 aromatic rings. The molecule has 1 aromatic carbocycles. The number of ether oxygens (including phenoxy) is 3. The fraction of sp³-hybridized carbons (Fsp3) is 0.562. The third-order valence-electron chi connectivity index (χ3n) is 4.04. The number of sulfonamides is 1. The molecule has 1 fully saturated rings. The lowest BCUT2D eigenvalue weighted by atomic mass is 10.2. The van der Waals surface area contributed by atoms with Crippen molar-refractivity contribution in [1.82, 2.24) is 4.72 Å². The van der Waals surface area contributed by atoms with Crippen molar-refractivity contribution in [2.45, 2.75) is 30.3 Å². The van der Waals surface area contributed by atoms with E-state index in [1.54, 1.807) is 0 Å². The van der Waals surface area contributed by atoms with Gasteiger partial charge in [0.2, 0.25) is 10.0 Å². The Morgan fingerprint density at radius 1 is 1.38 bits per heavy atom. The van der Waals surface area contributed by atoms with Crippen LogP contribution in [0.5, 0.6) is 5.75 Å². The van der Waals surface area contributed by atoms with E-state index >= 15 is 0 Å². The highest BCUT2D eigenvalue weighted by Gasteiger charge is 2.24. The van der Waals surface area contributed by atoms with Crippen LogP contribution in [0.2, 0.25) is 5.02 Å². The highest BCUT2D eigenvalue weighted by Crippen LogP contribution is 2.35. The molecule has 0 bridgehead atoms. The molecule has 0 aromatic heterocycles. The van der Waals surface area contributed by atoms with Crippen molar-refractivity contribution in [2.24, 2.45) is 0 Å². The van der Waals surface area contributed by atoms with Crippen LogP contribution in [0.4, 0.5) is 5.69 Å². The summed E-state index contributed by atoms with van der Waals surface area (Å²) in [6.07, 6.45) is 2.75. The third-order valence-corrected chi connectivity index (χ3v) is 5.97. The minimum atomic E-state index is -3.80. The first-order valence-corrected chi connectivity index (χ1v) is 10.3. The van der Waals surface area contributed by atoms with E-state index in [1.807, 2.05) is 0 Å². The lowest BCUT2D eigenvalue weighted by Crippen LogP contribution is -2.28. The molecule has 1 saturated heterocycles. The Hall–Kier alpha value is -1.39. The van der Waals surface area contributed by atoms with E-state index in [0.717, 1.165) is 19.4 Å².